The van der Waals surface area contributed by atoms with Crippen molar-refractivity contribution < 1.29 is 46.1 Å². The van der Waals surface area contributed by atoms with Crippen LogP contribution in [-0.2, 0) is 46.1 Å². The molecule has 0 radical (unpaired) electrons. The molecular formula is C89H131O10PSi3. The second-order valence-corrected chi connectivity index (χ2v) is 45.1. The van der Waals surface area contributed by atoms with E-state index in [4.69, 9.17) is 31.9 Å². The number of ether oxygens (including phenoxy) is 2. The van der Waals surface area contributed by atoms with Crippen molar-refractivity contribution in [2.45, 2.75) is 270 Å². The third-order valence-electron chi connectivity index (χ3n) is 20.2. The van der Waals surface area contributed by atoms with E-state index in [2.05, 4.69) is 183 Å². The number of rotatable bonds is 54. The number of phosphoric acid groups is 1. The zero-order valence-electron chi connectivity index (χ0n) is 64.9. The first-order valence-electron chi connectivity index (χ1n) is 39.7. The third-order valence-corrected chi connectivity index (χ3v) is 36.1. The molecule has 0 N–H and O–H groups in total. The molecule has 6 aromatic rings. The number of phosphoric ester groups is 1. The van der Waals surface area contributed by atoms with E-state index in [1.807, 2.05) is 84.9 Å². The van der Waals surface area contributed by atoms with Gasteiger partial charge in [-0.2, -0.15) is 0 Å². The predicted molar refractivity (Wildman–Crippen MR) is 440 cm³/mol. The molecule has 0 fully saturated rings. The van der Waals surface area contributed by atoms with Crippen molar-refractivity contribution in [2.24, 2.45) is 0 Å². The molecule has 10 nitrogen and oxygen atoms in total. The van der Waals surface area contributed by atoms with Crippen LogP contribution in [0.25, 0.3) is 0 Å². The number of carbonyl (C=O) groups excluding carboxylic acids is 2. The van der Waals surface area contributed by atoms with Gasteiger partial charge in [0.15, 0.2) is 0 Å². The molecule has 0 bridgehead atoms. The minimum atomic E-state index is -4.67. The maximum absolute atomic E-state index is 16.2. The van der Waals surface area contributed by atoms with E-state index in [1.165, 1.54) is 87.4 Å². The van der Waals surface area contributed by atoms with Crippen molar-refractivity contribution in [1.29, 1.82) is 0 Å². The van der Waals surface area contributed by atoms with Gasteiger partial charge in [-0.25, -0.2) is 4.57 Å². The fraction of sp³-hybridized carbons (Fsp3) is 0.528. The molecule has 0 aliphatic carbocycles. The van der Waals surface area contributed by atoms with Crippen molar-refractivity contribution >= 4 is 75.6 Å². The summed E-state index contributed by atoms with van der Waals surface area (Å²) in [5.41, 5.74) is 0. The second-order valence-electron chi connectivity index (χ2n) is 30.5. The van der Waals surface area contributed by atoms with Gasteiger partial charge in [-0.1, -0.05) is 381 Å². The number of hydrogen-bond acceptors (Lipinski definition) is 10. The van der Waals surface area contributed by atoms with Gasteiger partial charge in [-0.3, -0.25) is 23.2 Å². The van der Waals surface area contributed by atoms with E-state index < -0.39 is 54.8 Å². The number of benzene rings is 6. The standard InChI is InChI=1S/C89H131O10PSi3/c1-10-12-14-16-18-20-22-24-26-28-30-32-34-36-56-70-86(90)98-78(76-96-102(88(3,4)5,82-62-48-40-49-63-82)83-64-50-41-51-65-83)74-94-100(92,93-72-73-101(9,80-58-44-38-45-59-80)81-60-46-39-47-61-81)95-75-79(99-87(91)71-57-37-35-33-31-29-27-25-23-21-19-17-15-13-11-2)77-97-103(89(6,7)8,84-66-52-42-53-67-84)85-68-54-43-55-69-85/h24-27,38-55,58-69,78-79H,10-23,28-37,56-57,70-77H2,1-9H3/b26-24-,27-25-/t78-,79-/m1/s1. The van der Waals surface area contributed by atoms with Crippen LogP contribution in [0, 0.1) is 0 Å². The largest absolute Gasteiger partial charge is 0.475 e. The van der Waals surface area contributed by atoms with E-state index in [1.54, 1.807) is 0 Å². The number of esters is 2. The van der Waals surface area contributed by atoms with Crippen LogP contribution < -0.4 is 31.1 Å². The van der Waals surface area contributed by atoms with E-state index in [0.717, 1.165) is 97.8 Å². The van der Waals surface area contributed by atoms with Crippen LogP contribution in [0.3, 0.4) is 0 Å². The van der Waals surface area contributed by atoms with Crippen LogP contribution in [0.1, 0.15) is 235 Å². The van der Waals surface area contributed by atoms with Crippen LogP contribution in [0.2, 0.25) is 22.7 Å². The molecule has 6 aromatic carbocycles. The van der Waals surface area contributed by atoms with Gasteiger partial charge < -0.3 is 18.3 Å². The van der Waals surface area contributed by atoms with Gasteiger partial charge in [0.2, 0.25) is 0 Å². The third kappa shape index (κ3) is 29.6. The molecule has 6 rings (SSSR count). The number of carbonyl (C=O) groups is 2. The molecule has 0 aromatic heterocycles. The Morgan fingerprint density at radius 2 is 0.621 bits per heavy atom. The topological polar surface area (TPSA) is 116 Å². The van der Waals surface area contributed by atoms with Gasteiger partial charge in [0.25, 0.3) is 16.6 Å². The van der Waals surface area contributed by atoms with E-state index in [0.29, 0.717) is 18.9 Å². The van der Waals surface area contributed by atoms with Crippen molar-refractivity contribution in [1.82, 2.24) is 0 Å². The van der Waals surface area contributed by atoms with Gasteiger partial charge in [0.05, 0.1) is 33.0 Å². The first kappa shape index (κ1) is 86.3. The minimum absolute atomic E-state index is 0.000779. The Morgan fingerprint density at radius 1 is 0.359 bits per heavy atom. The van der Waals surface area contributed by atoms with Crippen LogP contribution in [-0.4, -0.2) is 81.9 Å². The molecule has 564 valence electrons. The molecule has 0 heterocycles. The summed E-state index contributed by atoms with van der Waals surface area (Å²) in [7, 11) is -13.7. The lowest BCUT2D eigenvalue weighted by atomic mass is 10.1. The average Bonchev–Trinajstić information content (AvgIpc) is 0.793. The molecular weight excluding hydrogens is 1340 g/mol. The van der Waals surface area contributed by atoms with Gasteiger partial charge in [-0.05, 0) is 101 Å². The Kier molecular flexibility index (Phi) is 40.1. The SMILES string of the molecule is CCCCCCCC/C=C\CCCCCCCC(=O)O[C@@H](CO[Si](c1ccccc1)(c1ccccc1)C(C)(C)C)COP(=O)(OCC[Si](C)(c1ccccc1)c1ccccc1)OC[C@H](CO[Si](c1ccccc1)(c1ccccc1)C(C)(C)C)OC(=O)CCCCCCC/C=C\CCCCCCCC. The first-order valence-corrected chi connectivity index (χ1v) is 47.7. The summed E-state index contributed by atoms with van der Waals surface area (Å²) in [6, 6.07) is 62.9. The van der Waals surface area contributed by atoms with E-state index in [9.17, 15) is 9.59 Å². The average molecular weight is 1480 g/mol. The van der Waals surface area contributed by atoms with Crippen LogP contribution in [0.15, 0.2) is 206 Å². The molecule has 2 atom stereocenters. The molecule has 0 aliphatic heterocycles. The highest BCUT2D eigenvalue weighted by molar-refractivity contribution is 7.48. The Bertz CT molecular complexity index is 3020. The van der Waals surface area contributed by atoms with Crippen LogP contribution >= 0.6 is 7.82 Å². The van der Waals surface area contributed by atoms with Crippen molar-refractivity contribution in [3.63, 3.8) is 0 Å². The smallest absolute Gasteiger partial charge is 0.457 e. The normalized spacial score (nSPS) is 13.2. The zero-order valence-corrected chi connectivity index (χ0v) is 68.8. The van der Waals surface area contributed by atoms with Crippen molar-refractivity contribution in [2.75, 3.05) is 33.0 Å². The summed E-state index contributed by atoms with van der Waals surface area (Å²) in [5.74, 6) is -0.778. The monoisotopic (exact) mass is 1470 g/mol. The Balaban J connectivity index is 1.28. The Morgan fingerprint density at radius 3 is 0.903 bits per heavy atom. The second kappa shape index (κ2) is 47.9. The fourth-order valence-electron chi connectivity index (χ4n) is 14.3. The number of hydrogen-bond donors (Lipinski definition) is 0. The van der Waals surface area contributed by atoms with Gasteiger partial charge in [0.1, 0.15) is 20.3 Å². The molecule has 103 heavy (non-hydrogen) atoms. The lowest BCUT2D eigenvalue weighted by molar-refractivity contribution is -0.153. The molecule has 14 heteroatoms. The molecule has 0 saturated carbocycles. The van der Waals surface area contributed by atoms with Crippen LogP contribution in [0.4, 0.5) is 0 Å². The van der Waals surface area contributed by atoms with E-state index in [-0.39, 0.29) is 57.8 Å². The summed E-state index contributed by atoms with van der Waals surface area (Å²) >= 11 is 0. The Labute approximate surface area is 627 Å². The van der Waals surface area contributed by atoms with Gasteiger partial charge in [-0.15, -0.1) is 0 Å². The maximum Gasteiger partial charge on any atom is 0.475 e. The highest BCUT2D eigenvalue weighted by Gasteiger charge is 2.52. The van der Waals surface area contributed by atoms with Crippen molar-refractivity contribution in [3.8, 4) is 0 Å². The lowest BCUT2D eigenvalue weighted by Crippen LogP contribution is -2.67. The summed E-state index contributed by atoms with van der Waals surface area (Å²) < 4.78 is 64.2. The highest BCUT2D eigenvalue weighted by atomic mass is 31.2. The lowest BCUT2D eigenvalue weighted by Gasteiger charge is -2.43. The summed E-state index contributed by atoms with van der Waals surface area (Å²) in [5, 5.41) is 5.83. The van der Waals surface area contributed by atoms with Gasteiger partial charge in [0, 0.05) is 12.8 Å². The molecule has 0 spiro atoms. The maximum atomic E-state index is 16.2. The first-order chi connectivity index (χ1) is 49.9. The summed E-state index contributed by atoms with van der Waals surface area (Å²) in [6.45, 7) is 19.2. The minimum Gasteiger partial charge on any atom is -0.457 e. The van der Waals surface area contributed by atoms with Crippen LogP contribution in [0.5, 0.6) is 0 Å². The van der Waals surface area contributed by atoms with Gasteiger partial charge >= 0.3 is 19.8 Å². The zero-order chi connectivity index (χ0) is 73.8. The summed E-state index contributed by atoms with van der Waals surface area (Å²) in [4.78, 5) is 28.7. The fourth-order valence-corrected chi connectivity index (χ4v) is 28.1. The number of unbranched alkanes of at least 4 members (excludes halogenated alkanes) is 22. The molecule has 0 unspecified atom stereocenters. The number of allylic oxidation sites excluding steroid dienone is 4. The molecule has 0 amide bonds. The van der Waals surface area contributed by atoms with Crippen molar-refractivity contribution in [3.05, 3.63) is 206 Å². The highest BCUT2D eigenvalue weighted by Crippen LogP contribution is 2.51. The molecule has 0 saturated heterocycles. The summed E-state index contributed by atoms with van der Waals surface area (Å²) in [6.07, 6.45) is 37.5. The quantitative estimate of drug-likeness (QED) is 0.0120. The predicted octanol–water partition coefficient (Wildman–Crippen LogP) is 21.1. The Hall–Kier alpha value is -5.58. The molecule has 0 aliphatic rings. The van der Waals surface area contributed by atoms with E-state index >= 15 is 4.57 Å².